The molecule has 0 amide bonds. The third kappa shape index (κ3) is 8.07. The van der Waals surface area contributed by atoms with Gasteiger partial charge in [-0.15, -0.1) is 29.8 Å². The number of aromatic hydroxyl groups is 1. The Hall–Kier alpha value is -6.59. The van der Waals surface area contributed by atoms with E-state index in [9.17, 15) is 5.11 Å². The first-order valence-corrected chi connectivity index (χ1v) is 26.2. The van der Waals surface area contributed by atoms with Crippen molar-refractivity contribution in [1.82, 2.24) is 19.1 Å². The van der Waals surface area contributed by atoms with Crippen LogP contribution in [0.25, 0.3) is 89.6 Å². The summed E-state index contributed by atoms with van der Waals surface area (Å²) in [6, 6.07) is 65.6. The van der Waals surface area contributed by atoms with Crippen molar-refractivity contribution in [3.63, 3.8) is 0 Å². The maximum atomic E-state index is 11.5. The molecule has 2 aromatic heterocycles. The van der Waals surface area contributed by atoms with Crippen LogP contribution in [0.4, 0.5) is 0 Å². The van der Waals surface area contributed by atoms with E-state index < -0.39 is 8.07 Å². The number of para-hydroxylation sites is 4. The molecule has 0 fully saturated rings. The Labute approximate surface area is 403 Å². The molecule has 0 aliphatic heterocycles. The molecule has 0 unspecified atom stereocenters. The third-order valence-electron chi connectivity index (χ3n) is 12.6. The fraction of sp³-hybridized carbons (Fsp3) is 0.153. The molecular formula is C59H53N4OPtSi-. The summed E-state index contributed by atoms with van der Waals surface area (Å²) in [6.07, 6.45) is 0. The predicted molar refractivity (Wildman–Crippen MR) is 275 cm³/mol. The van der Waals surface area contributed by atoms with Crippen LogP contribution < -0.4 is 5.19 Å². The summed E-state index contributed by atoms with van der Waals surface area (Å²) in [4.78, 5) is 10.9. The van der Waals surface area contributed by atoms with Gasteiger partial charge in [-0.05, 0) is 88.2 Å². The van der Waals surface area contributed by atoms with Crippen molar-refractivity contribution in [1.29, 1.82) is 0 Å². The molecule has 66 heavy (non-hydrogen) atoms. The molecular weight excluding hydrogens is 1000 g/mol. The minimum Gasteiger partial charge on any atom is -0.507 e. The van der Waals surface area contributed by atoms with E-state index in [2.05, 4.69) is 214 Å². The minimum absolute atomic E-state index is 0. The summed E-state index contributed by atoms with van der Waals surface area (Å²) in [7, 11) is -1.64. The van der Waals surface area contributed by atoms with Gasteiger partial charge in [0, 0.05) is 32.3 Å². The van der Waals surface area contributed by atoms with Gasteiger partial charge in [-0.3, -0.25) is 9.55 Å². The number of aromatic nitrogens is 4. The van der Waals surface area contributed by atoms with Gasteiger partial charge < -0.3 is 9.67 Å². The molecule has 0 aliphatic carbocycles. The van der Waals surface area contributed by atoms with Crippen molar-refractivity contribution in [2.24, 2.45) is 0 Å². The zero-order valence-corrected chi connectivity index (χ0v) is 41.7. The Morgan fingerprint density at radius 1 is 0.500 bits per heavy atom. The zero-order valence-electron chi connectivity index (χ0n) is 38.5. The molecule has 0 saturated heterocycles. The number of rotatable bonds is 10. The van der Waals surface area contributed by atoms with Crippen LogP contribution in [-0.2, 0) is 21.1 Å². The van der Waals surface area contributed by atoms with Crippen molar-refractivity contribution in [3.8, 4) is 73.3 Å². The van der Waals surface area contributed by atoms with Gasteiger partial charge in [0.15, 0.2) is 0 Å². The maximum absolute atomic E-state index is 11.5. The Morgan fingerprint density at radius 3 is 1.77 bits per heavy atom. The van der Waals surface area contributed by atoms with Crippen LogP contribution in [0.1, 0.15) is 50.7 Å². The molecule has 0 atom stereocenters. The molecule has 0 spiro atoms. The van der Waals surface area contributed by atoms with Crippen LogP contribution in [-0.4, -0.2) is 32.3 Å². The monoisotopic (exact) mass is 1060 g/mol. The fourth-order valence-corrected chi connectivity index (χ4v) is 10.4. The van der Waals surface area contributed by atoms with E-state index in [4.69, 9.17) is 9.97 Å². The summed E-state index contributed by atoms with van der Waals surface area (Å²) in [5.41, 5.74) is 16.5. The fourth-order valence-electron chi connectivity index (χ4n) is 9.26. The van der Waals surface area contributed by atoms with Crippen LogP contribution in [0.15, 0.2) is 176 Å². The summed E-state index contributed by atoms with van der Waals surface area (Å²) in [5, 5.41) is 12.9. The molecule has 0 radical (unpaired) electrons. The first-order chi connectivity index (χ1) is 31.5. The summed E-state index contributed by atoms with van der Waals surface area (Å²) < 4.78 is 4.61. The molecule has 0 saturated carbocycles. The van der Waals surface area contributed by atoms with Crippen LogP contribution in [0.5, 0.6) is 5.75 Å². The normalized spacial score (nSPS) is 11.8. The van der Waals surface area contributed by atoms with Gasteiger partial charge in [0.05, 0.1) is 47.2 Å². The molecule has 0 aliphatic rings. The molecule has 8 aromatic carbocycles. The maximum Gasteiger partial charge on any atom is 0.148 e. The van der Waals surface area contributed by atoms with Gasteiger partial charge in [-0.2, -0.15) is 0 Å². The Morgan fingerprint density at radius 2 is 1.09 bits per heavy atom. The number of nitrogens with zero attached hydrogens (tertiary/aromatic N) is 4. The minimum atomic E-state index is -1.64. The Kier molecular flexibility index (Phi) is 12.2. The van der Waals surface area contributed by atoms with E-state index in [1.54, 1.807) is 6.07 Å². The number of fused-ring (bicyclic) bond motifs is 2. The van der Waals surface area contributed by atoms with Gasteiger partial charge >= 0.3 is 0 Å². The molecule has 0 bridgehead atoms. The van der Waals surface area contributed by atoms with Crippen molar-refractivity contribution in [2.75, 3.05) is 0 Å². The molecule has 2 heterocycles. The molecule has 10 aromatic rings. The summed E-state index contributed by atoms with van der Waals surface area (Å²) >= 11 is 0. The number of imidazole rings is 2. The van der Waals surface area contributed by atoms with E-state index in [-0.39, 0.29) is 38.7 Å². The van der Waals surface area contributed by atoms with Crippen LogP contribution in [0.2, 0.25) is 19.6 Å². The second-order valence-electron chi connectivity index (χ2n) is 18.7. The number of hydrogen-bond donors (Lipinski definition) is 1. The standard InChI is InChI=1S/C59H53N4OSi.Pt/c1-38(2)48-35-44(40-20-10-8-11-21-40)36-49(39(3)4)57(48)63-54-30-19-27-46(56(54)61-59(63)47-26-14-17-31-55(47)64)42-24-18-25-43(34-42)58-60-51-28-15-16-29-53(51)62(58)52-33-32-45(65(5,6)7)37-50(52)41-22-12-9-13-23-41;/h8-33,35-39,64H,1-7H3;/q-1;. The van der Waals surface area contributed by atoms with E-state index in [1.165, 1.54) is 38.6 Å². The zero-order chi connectivity index (χ0) is 45.0. The average molecular weight is 1060 g/mol. The smallest absolute Gasteiger partial charge is 0.148 e. The molecule has 1 N–H and O–H groups in total. The Bertz CT molecular complexity index is 3350. The topological polar surface area (TPSA) is 55.9 Å². The predicted octanol–water partition coefficient (Wildman–Crippen LogP) is 15.0. The third-order valence-corrected chi connectivity index (χ3v) is 14.7. The largest absolute Gasteiger partial charge is 0.507 e. The second-order valence-corrected chi connectivity index (χ2v) is 23.8. The van der Waals surface area contributed by atoms with E-state index in [1.807, 2.05) is 18.2 Å². The van der Waals surface area contributed by atoms with Crippen LogP contribution in [0, 0.1) is 6.07 Å². The number of phenolic OH excluding ortho intramolecular Hbond substituents is 1. The van der Waals surface area contributed by atoms with Gasteiger partial charge in [-0.25, -0.2) is 4.98 Å². The molecule has 10 rings (SSSR count). The van der Waals surface area contributed by atoms with Gasteiger partial charge in [-0.1, -0.05) is 173 Å². The summed E-state index contributed by atoms with van der Waals surface area (Å²) in [5.74, 6) is 2.09. The van der Waals surface area contributed by atoms with E-state index >= 15 is 0 Å². The summed E-state index contributed by atoms with van der Waals surface area (Å²) in [6.45, 7) is 16.3. The van der Waals surface area contributed by atoms with Crippen molar-refractivity contribution < 1.29 is 26.2 Å². The molecule has 5 nitrogen and oxygen atoms in total. The van der Waals surface area contributed by atoms with Crippen LogP contribution >= 0.6 is 0 Å². The molecule has 7 heteroatoms. The average Bonchev–Trinajstić information content (AvgIpc) is 3.90. The molecule has 330 valence electrons. The number of benzene rings is 8. The first kappa shape index (κ1) is 44.6. The first-order valence-electron chi connectivity index (χ1n) is 22.7. The SMILES string of the molecule is CC(C)c1cc(-c2ccccc2)cc(C(C)C)c1-n1c(-c2ccccc2O)nc2c(-c3[c-]c(-c4nc5ccccc5n4-c4ccc([Si](C)(C)C)cc4-c4ccccc4)ccc3)cccc21.[Pt]. The Balaban J connectivity index is 0.00000548. The van der Waals surface area contributed by atoms with Gasteiger partial charge in [0.1, 0.15) is 11.6 Å². The van der Waals surface area contributed by atoms with Crippen molar-refractivity contribution >= 4 is 35.3 Å². The van der Waals surface area contributed by atoms with Gasteiger partial charge in [0.25, 0.3) is 0 Å². The van der Waals surface area contributed by atoms with Crippen LogP contribution in [0.3, 0.4) is 0 Å². The number of hydrogen-bond acceptors (Lipinski definition) is 3. The van der Waals surface area contributed by atoms with Crippen molar-refractivity contribution in [3.05, 3.63) is 193 Å². The van der Waals surface area contributed by atoms with Crippen molar-refractivity contribution in [2.45, 2.75) is 59.2 Å². The van der Waals surface area contributed by atoms with Gasteiger partial charge in [0.2, 0.25) is 0 Å². The quantitative estimate of drug-likeness (QED) is 0.110. The van der Waals surface area contributed by atoms with E-state index in [0.29, 0.717) is 11.4 Å². The second kappa shape index (κ2) is 18.0. The van der Waals surface area contributed by atoms with E-state index in [0.717, 1.165) is 56.0 Å². The number of phenols is 1.